The monoisotopic (exact) mass is 316 g/mol. The first-order valence-electron chi connectivity index (χ1n) is 8.01. The van der Waals surface area contributed by atoms with E-state index in [-0.39, 0.29) is 24.0 Å². The topological polar surface area (TPSA) is 66.9 Å². The maximum Gasteiger partial charge on any atom is 0.409 e. The molecule has 0 aromatic heterocycles. The normalized spacial score (nSPS) is 27.8. The number of likely N-dealkylation sites (tertiary alicyclic amines) is 1. The minimum absolute atomic E-state index is 0.170. The van der Waals surface area contributed by atoms with Crippen LogP contribution in [0.15, 0.2) is 0 Å². The van der Waals surface area contributed by atoms with Crippen molar-refractivity contribution in [3.63, 3.8) is 0 Å². The molecule has 2 heterocycles. The molecule has 1 amide bonds. The van der Waals surface area contributed by atoms with Crippen molar-refractivity contribution in [2.24, 2.45) is 0 Å². The Kier molecular flexibility index (Phi) is 4.40. The number of rotatable bonds is 4. The summed E-state index contributed by atoms with van der Waals surface area (Å²) >= 11 is 0. The van der Waals surface area contributed by atoms with Crippen molar-refractivity contribution >= 4 is 16.1 Å². The molecule has 3 rings (SSSR count). The Balaban J connectivity index is 1.58. The molecule has 0 N–H and O–H groups in total. The third-order valence-corrected chi connectivity index (χ3v) is 7.06. The highest BCUT2D eigenvalue weighted by molar-refractivity contribution is 7.90. The smallest absolute Gasteiger partial charge is 0.409 e. The third-order valence-electron chi connectivity index (χ3n) is 4.61. The average Bonchev–Trinajstić information content (AvgIpc) is 3.21. The molecule has 0 spiro atoms. The number of hydrogen-bond acceptors (Lipinski definition) is 4. The van der Waals surface area contributed by atoms with Gasteiger partial charge < -0.3 is 9.64 Å². The van der Waals surface area contributed by atoms with E-state index in [1.807, 2.05) is 0 Å². The van der Waals surface area contributed by atoms with Gasteiger partial charge >= 0.3 is 6.09 Å². The summed E-state index contributed by atoms with van der Waals surface area (Å²) in [6.07, 6.45) is 6.02. The van der Waals surface area contributed by atoms with Gasteiger partial charge in [0.1, 0.15) is 6.61 Å². The molecule has 3 fully saturated rings. The number of piperidine rings is 1. The molecule has 21 heavy (non-hydrogen) atoms. The Morgan fingerprint density at radius 2 is 1.67 bits per heavy atom. The summed E-state index contributed by atoms with van der Waals surface area (Å²) in [6.45, 7) is 2.28. The summed E-state index contributed by atoms with van der Waals surface area (Å²) in [6, 6.07) is -0.170. The van der Waals surface area contributed by atoms with Crippen molar-refractivity contribution in [1.29, 1.82) is 0 Å². The van der Waals surface area contributed by atoms with Gasteiger partial charge in [0.05, 0.1) is 11.3 Å². The molecule has 1 unspecified atom stereocenters. The number of nitrogens with zero attached hydrogens (tertiary/aromatic N) is 2. The van der Waals surface area contributed by atoms with E-state index in [9.17, 15) is 13.2 Å². The Labute approximate surface area is 126 Å². The number of ether oxygens (including phenoxy) is 1. The highest BCUT2D eigenvalue weighted by atomic mass is 32.2. The number of carbonyl (C=O) groups excluding carboxylic acids is 1. The van der Waals surface area contributed by atoms with Crippen LogP contribution in [-0.2, 0) is 14.8 Å². The molecule has 0 radical (unpaired) electrons. The fourth-order valence-electron chi connectivity index (χ4n) is 3.19. The fraction of sp³-hybridized carbons (Fsp3) is 0.929. The lowest BCUT2D eigenvalue weighted by molar-refractivity contribution is 0.0798. The largest absolute Gasteiger partial charge is 0.448 e. The van der Waals surface area contributed by atoms with Crippen LogP contribution in [0.25, 0.3) is 0 Å². The lowest BCUT2D eigenvalue weighted by Gasteiger charge is -2.34. The highest BCUT2D eigenvalue weighted by Gasteiger charge is 2.43. The number of sulfonamides is 1. The van der Waals surface area contributed by atoms with Gasteiger partial charge in [0.15, 0.2) is 0 Å². The molecule has 2 aliphatic heterocycles. The van der Waals surface area contributed by atoms with Gasteiger partial charge in [0, 0.05) is 19.6 Å². The number of amides is 1. The Bertz CT molecular complexity index is 483. The van der Waals surface area contributed by atoms with Gasteiger partial charge in [-0.3, -0.25) is 0 Å². The van der Waals surface area contributed by atoms with Crippen molar-refractivity contribution in [2.75, 3.05) is 26.2 Å². The second kappa shape index (κ2) is 6.12. The molecule has 120 valence electrons. The molecule has 6 nitrogen and oxygen atoms in total. The van der Waals surface area contributed by atoms with Gasteiger partial charge in [-0.1, -0.05) is 6.42 Å². The quantitative estimate of drug-likeness (QED) is 0.789. The molecule has 2 saturated heterocycles. The van der Waals surface area contributed by atoms with Gasteiger partial charge in [0.2, 0.25) is 10.0 Å². The molecule has 3 aliphatic rings. The molecule has 1 saturated carbocycles. The zero-order chi connectivity index (χ0) is 14.9. The van der Waals surface area contributed by atoms with E-state index in [1.54, 1.807) is 9.21 Å². The summed E-state index contributed by atoms with van der Waals surface area (Å²) < 4.78 is 31.8. The van der Waals surface area contributed by atoms with Crippen molar-refractivity contribution in [1.82, 2.24) is 9.21 Å². The molecule has 1 aliphatic carbocycles. The van der Waals surface area contributed by atoms with Gasteiger partial charge in [-0.25, -0.2) is 13.2 Å². The second-order valence-electron chi connectivity index (χ2n) is 6.28. The zero-order valence-electron chi connectivity index (χ0n) is 12.4. The maximum atomic E-state index is 12.4. The molecular formula is C14H24N2O4S. The van der Waals surface area contributed by atoms with Crippen LogP contribution in [0.1, 0.15) is 44.9 Å². The van der Waals surface area contributed by atoms with Crippen molar-refractivity contribution in [2.45, 2.75) is 56.2 Å². The van der Waals surface area contributed by atoms with E-state index in [0.717, 1.165) is 58.0 Å². The summed E-state index contributed by atoms with van der Waals surface area (Å²) in [7, 11) is -3.18. The van der Waals surface area contributed by atoms with Crippen LogP contribution in [0.4, 0.5) is 4.79 Å². The second-order valence-corrected chi connectivity index (χ2v) is 8.44. The van der Waals surface area contributed by atoms with Gasteiger partial charge in [-0.2, -0.15) is 4.31 Å². The first-order chi connectivity index (χ1) is 10.1. The highest BCUT2D eigenvalue weighted by Crippen LogP contribution is 2.34. The van der Waals surface area contributed by atoms with Gasteiger partial charge in [-0.15, -0.1) is 0 Å². The SMILES string of the molecule is O=C(OCC1CCCCN1S(=O)(=O)C1CC1)N1CCCC1. The first kappa shape index (κ1) is 15.1. The van der Waals surface area contributed by atoms with Crippen LogP contribution in [0, 0.1) is 0 Å². The molecular weight excluding hydrogens is 292 g/mol. The van der Waals surface area contributed by atoms with E-state index in [0.29, 0.717) is 6.54 Å². The predicted molar refractivity (Wildman–Crippen MR) is 78.4 cm³/mol. The summed E-state index contributed by atoms with van der Waals surface area (Å²) in [5.41, 5.74) is 0. The van der Waals surface area contributed by atoms with Crippen LogP contribution < -0.4 is 0 Å². The lowest BCUT2D eigenvalue weighted by atomic mass is 10.1. The Morgan fingerprint density at radius 1 is 1.00 bits per heavy atom. The zero-order valence-corrected chi connectivity index (χ0v) is 13.2. The Morgan fingerprint density at radius 3 is 2.33 bits per heavy atom. The van der Waals surface area contributed by atoms with Crippen LogP contribution in [0.5, 0.6) is 0 Å². The van der Waals surface area contributed by atoms with Gasteiger partial charge in [0.25, 0.3) is 0 Å². The summed E-state index contributed by atoms with van der Waals surface area (Å²) in [4.78, 5) is 13.6. The molecule has 0 aromatic carbocycles. The van der Waals surface area contributed by atoms with Gasteiger partial charge in [-0.05, 0) is 38.5 Å². The third kappa shape index (κ3) is 3.34. The van der Waals surface area contributed by atoms with Crippen molar-refractivity contribution < 1.29 is 17.9 Å². The van der Waals surface area contributed by atoms with Crippen molar-refractivity contribution in [3.05, 3.63) is 0 Å². The maximum absolute atomic E-state index is 12.4. The predicted octanol–water partition coefficient (Wildman–Crippen LogP) is 1.57. The summed E-state index contributed by atoms with van der Waals surface area (Å²) in [5.74, 6) is 0. The number of hydrogen-bond donors (Lipinski definition) is 0. The minimum atomic E-state index is -3.18. The standard InChI is InChI=1S/C14H24N2O4S/c17-14(15-8-3-4-9-15)20-11-12-5-1-2-10-16(12)21(18,19)13-6-7-13/h12-13H,1-11H2. The average molecular weight is 316 g/mol. The molecule has 1 atom stereocenters. The molecule has 0 bridgehead atoms. The van der Waals surface area contributed by atoms with Crippen LogP contribution >= 0.6 is 0 Å². The van der Waals surface area contributed by atoms with Crippen LogP contribution in [0.3, 0.4) is 0 Å². The fourth-order valence-corrected chi connectivity index (χ4v) is 5.27. The van der Waals surface area contributed by atoms with E-state index >= 15 is 0 Å². The first-order valence-corrected chi connectivity index (χ1v) is 9.52. The van der Waals surface area contributed by atoms with E-state index < -0.39 is 10.0 Å². The molecule has 7 heteroatoms. The summed E-state index contributed by atoms with van der Waals surface area (Å²) in [5, 5.41) is -0.188. The van der Waals surface area contributed by atoms with Crippen LogP contribution in [0.2, 0.25) is 0 Å². The molecule has 0 aromatic rings. The van der Waals surface area contributed by atoms with Crippen LogP contribution in [-0.4, -0.2) is 61.2 Å². The van der Waals surface area contributed by atoms with E-state index in [4.69, 9.17) is 4.74 Å². The lowest BCUT2D eigenvalue weighted by Crippen LogP contribution is -2.48. The van der Waals surface area contributed by atoms with E-state index in [1.165, 1.54) is 0 Å². The Hall–Kier alpha value is -0.820. The van der Waals surface area contributed by atoms with E-state index in [2.05, 4.69) is 0 Å². The minimum Gasteiger partial charge on any atom is -0.448 e. The van der Waals surface area contributed by atoms with Crippen molar-refractivity contribution in [3.8, 4) is 0 Å². The number of carbonyl (C=O) groups is 1.